The molecule has 0 saturated heterocycles. The summed E-state index contributed by atoms with van der Waals surface area (Å²) in [6.45, 7) is -0.461. The maximum atomic E-state index is 13.9. The molecule has 5 nitrogen and oxygen atoms in total. The first-order valence-electron chi connectivity index (χ1n) is 9.54. The van der Waals surface area contributed by atoms with Crippen LogP contribution in [-0.4, -0.2) is 30.0 Å². The summed E-state index contributed by atoms with van der Waals surface area (Å²) in [7, 11) is 0. The Kier molecular flexibility index (Phi) is 5.19. The average Bonchev–Trinajstić information content (AvgIpc) is 2.72. The highest BCUT2D eigenvalue weighted by Gasteiger charge is 2.54. The number of ether oxygens (including phenoxy) is 1. The molecular weight excluding hydrogens is 399 g/mol. The number of aliphatic hydroxyl groups is 1. The highest BCUT2D eigenvalue weighted by molar-refractivity contribution is 5.92. The first-order chi connectivity index (χ1) is 14.3. The molecule has 0 spiro atoms. The van der Waals surface area contributed by atoms with Gasteiger partial charge in [-0.25, -0.2) is 4.79 Å². The van der Waals surface area contributed by atoms with Crippen LogP contribution in [0.25, 0.3) is 10.8 Å². The third kappa shape index (κ3) is 3.75. The monoisotopic (exact) mass is 419 g/mol. The van der Waals surface area contributed by atoms with Crippen LogP contribution in [0.5, 0.6) is 5.75 Å². The minimum atomic E-state index is -4.85. The molecule has 158 valence electrons. The molecule has 3 aromatic rings. The molecule has 0 radical (unpaired) electrons. The van der Waals surface area contributed by atoms with E-state index in [9.17, 15) is 23.1 Å². The number of benzene rings is 2. The van der Waals surface area contributed by atoms with Gasteiger partial charge in [0.1, 0.15) is 5.75 Å². The third-order valence-electron chi connectivity index (χ3n) is 5.50. The lowest BCUT2D eigenvalue weighted by atomic mass is 9.82. The van der Waals surface area contributed by atoms with Gasteiger partial charge in [-0.1, -0.05) is 24.3 Å². The van der Waals surface area contributed by atoms with E-state index in [4.69, 9.17) is 9.15 Å². The Bertz CT molecular complexity index is 1110. The second kappa shape index (κ2) is 7.68. The molecule has 1 aliphatic heterocycles. The summed E-state index contributed by atoms with van der Waals surface area (Å²) in [6, 6.07) is 13.1. The molecule has 0 bridgehead atoms. The summed E-state index contributed by atoms with van der Waals surface area (Å²) in [5, 5.41) is 14.1. The van der Waals surface area contributed by atoms with Crippen LogP contribution in [0.3, 0.4) is 0 Å². The van der Waals surface area contributed by atoms with Crippen molar-refractivity contribution in [3.05, 3.63) is 70.8 Å². The quantitative estimate of drug-likeness (QED) is 0.639. The van der Waals surface area contributed by atoms with Crippen LogP contribution >= 0.6 is 0 Å². The number of nitrogens with one attached hydrogen (secondary N) is 1. The van der Waals surface area contributed by atoms with Gasteiger partial charge in [-0.2, -0.15) is 13.2 Å². The Balaban J connectivity index is 1.62. The number of rotatable bonds is 5. The van der Waals surface area contributed by atoms with Gasteiger partial charge in [-0.05, 0) is 48.6 Å². The zero-order chi connectivity index (χ0) is 21.4. The van der Waals surface area contributed by atoms with E-state index < -0.39 is 36.3 Å². The van der Waals surface area contributed by atoms with Crippen LogP contribution in [0.2, 0.25) is 0 Å². The van der Waals surface area contributed by atoms with E-state index in [1.54, 1.807) is 36.4 Å². The molecule has 0 amide bonds. The van der Waals surface area contributed by atoms with Crippen molar-refractivity contribution in [2.24, 2.45) is 0 Å². The van der Waals surface area contributed by atoms with Gasteiger partial charge in [0.05, 0.1) is 24.8 Å². The van der Waals surface area contributed by atoms with Crippen molar-refractivity contribution in [2.75, 3.05) is 18.5 Å². The maximum absolute atomic E-state index is 13.9. The molecular formula is C22H20F3NO4. The zero-order valence-corrected chi connectivity index (χ0v) is 15.9. The topological polar surface area (TPSA) is 71.7 Å². The molecule has 2 unspecified atom stereocenters. The standard InChI is InChI=1S/C22H20F3NO4/c23-22(24,25)21(28,12-14-8-10-29-19-7-2-1-4-15(14)19)13-26-18-6-3-5-17-16(18)9-11-30-20(17)27/h1-7,9,11,14,26,28H,8,10,12-13H2. The molecule has 1 aromatic heterocycles. The number of anilines is 1. The van der Waals surface area contributed by atoms with E-state index in [0.717, 1.165) is 0 Å². The average molecular weight is 419 g/mol. The van der Waals surface area contributed by atoms with E-state index in [-0.39, 0.29) is 5.39 Å². The summed E-state index contributed by atoms with van der Waals surface area (Å²) in [5.74, 6) is 0.0509. The minimum Gasteiger partial charge on any atom is -0.493 e. The first-order valence-corrected chi connectivity index (χ1v) is 9.54. The van der Waals surface area contributed by atoms with Crippen molar-refractivity contribution >= 4 is 16.5 Å². The molecule has 30 heavy (non-hydrogen) atoms. The van der Waals surface area contributed by atoms with Crippen LogP contribution in [-0.2, 0) is 0 Å². The summed E-state index contributed by atoms with van der Waals surface area (Å²) >= 11 is 0. The van der Waals surface area contributed by atoms with Gasteiger partial charge < -0.3 is 19.6 Å². The van der Waals surface area contributed by atoms with E-state index in [0.29, 0.717) is 35.4 Å². The van der Waals surface area contributed by atoms with E-state index in [2.05, 4.69) is 5.32 Å². The highest BCUT2D eigenvalue weighted by Crippen LogP contribution is 2.43. The molecule has 2 aromatic carbocycles. The zero-order valence-electron chi connectivity index (χ0n) is 15.9. The number of para-hydroxylation sites is 1. The van der Waals surface area contributed by atoms with Crippen molar-refractivity contribution in [1.82, 2.24) is 0 Å². The molecule has 2 heterocycles. The summed E-state index contributed by atoms with van der Waals surface area (Å²) in [6.07, 6.45) is -3.79. The van der Waals surface area contributed by atoms with Gasteiger partial charge in [0, 0.05) is 11.1 Å². The highest BCUT2D eigenvalue weighted by atomic mass is 19.4. The summed E-state index contributed by atoms with van der Waals surface area (Å²) in [5.41, 5.74) is -2.57. The molecule has 2 atom stereocenters. The lowest BCUT2D eigenvalue weighted by molar-refractivity contribution is -0.258. The summed E-state index contributed by atoms with van der Waals surface area (Å²) in [4.78, 5) is 11.8. The fraction of sp³-hybridized carbons (Fsp3) is 0.318. The third-order valence-corrected chi connectivity index (χ3v) is 5.50. The van der Waals surface area contributed by atoms with Crippen molar-refractivity contribution in [1.29, 1.82) is 0 Å². The van der Waals surface area contributed by atoms with Crippen LogP contribution in [0.4, 0.5) is 18.9 Å². The second-order valence-corrected chi connectivity index (χ2v) is 7.43. The Morgan fingerprint density at radius 2 is 1.87 bits per heavy atom. The van der Waals surface area contributed by atoms with Crippen molar-refractivity contribution in [3.63, 3.8) is 0 Å². The predicted octanol–water partition coefficient (Wildman–Crippen LogP) is 4.45. The van der Waals surface area contributed by atoms with E-state index in [1.165, 1.54) is 18.4 Å². The fourth-order valence-electron chi connectivity index (χ4n) is 3.87. The molecule has 8 heteroatoms. The Hall–Kier alpha value is -3.00. The van der Waals surface area contributed by atoms with Gasteiger partial charge in [0.25, 0.3) is 0 Å². The van der Waals surface area contributed by atoms with Gasteiger partial charge >= 0.3 is 11.8 Å². The maximum Gasteiger partial charge on any atom is 0.418 e. The lowest BCUT2D eigenvalue weighted by Gasteiger charge is -2.36. The van der Waals surface area contributed by atoms with Crippen molar-refractivity contribution in [3.8, 4) is 5.75 Å². The molecule has 0 saturated carbocycles. The molecule has 2 N–H and O–H groups in total. The van der Waals surface area contributed by atoms with Crippen LogP contribution in [0, 0.1) is 0 Å². The number of halogens is 3. The SMILES string of the molecule is O=c1occc2c(NCC(O)(CC3CCOc4ccccc43)C(F)(F)F)cccc12. The summed E-state index contributed by atoms with van der Waals surface area (Å²) < 4.78 is 52.1. The van der Waals surface area contributed by atoms with E-state index in [1.807, 2.05) is 0 Å². The van der Waals surface area contributed by atoms with Gasteiger partial charge in [-0.3, -0.25) is 0 Å². The lowest BCUT2D eigenvalue weighted by Crippen LogP contribution is -2.51. The molecule has 1 aliphatic rings. The second-order valence-electron chi connectivity index (χ2n) is 7.43. The van der Waals surface area contributed by atoms with Crippen LogP contribution in [0.1, 0.15) is 24.3 Å². The number of hydrogen-bond donors (Lipinski definition) is 2. The predicted molar refractivity (Wildman–Crippen MR) is 106 cm³/mol. The van der Waals surface area contributed by atoms with Crippen LogP contribution in [0.15, 0.2) is 64.0 Å². The Labute approximate surface area is 170 Å². The Morgan fingerprint density at radius 3 is 2.67 bits per heavy atom. The molecule has 0 aliphatic carbocycles. The minimum absolute atomic E-state index is 0.247. The van der Waals surface area contributed by atoms with Gasteiger partial charge in [0.2, 0.25) is 0 Å². The fourth-order valence-corrected chi connectivity index (χ4v) is 3.87. The first kappa shape index (κ1) is 20.3. The van der Waals surface area contributed by atoms with Crippen molar-refractivity contribution in [2.45, 2.75) is 30.5 Å². The van der Waals surface area contributed by atoms with Crippen LogP contribution < -0.4 is 15.7 Å². The number of hydrogen-bond acceptors (Lipinski definition) is 5. The van der Waals surface area contributed by atoms with Crippen molar-refractivity contribution < 1.29 is 27.4 Å². The molecule has 0 fully saturated rings. The molecule has 4 rings (SSSR count). The Morgan fingerprint density at radius 1 is 1.07 bits per heavy atom. The van der Waals surface area contributed by atoms with Gasteiger partial charge in [0.15, 0.2) is 5.60 Å². The number of fused-ring (bicyclic) bond motifs is 2. The van der Waals surface area contributed by atoms with E-state index >= 15 is 0 Å². The number of alkyl halides is 3. The normalized spacial score (nSPS) is 18.3. The smallest absolute Gasteiger partial charge is 0.418 e. The van der Waals surface area contributed by atoms with Gasteiger partial charge in [-0.15, -0.1) is 0 Å². The largest absolute Gasteiger partial charge is 0.493 e.